The van der Waals surface area contributed by atoms with Gasteiger partial charge in [-0.2, -0.15) is 0 Å². The number of rotatable bonds is 6. The average Bonchev–Trinajstić information content (AvgIpc) is 2.24. The molecule has 0 aliphatic carbocycles. The van der Waals surface area contributed by atoms with Crippen molar-refractivity contribution in [1.29, 1.82) is 0 Å². The maximum atomic E-state index is 5.64. The van der Waals surface area contributed by atoms with E-state index in [1.807, 2.05) is 33.0 Å². The number of ether oxygens (including phenoxy) is 1. The summed E-state index contributed by atoms with van der Waals surface area (Å²) in [6, 6.07) is 8.17. The minimum Gasteiger partial charge on any atom is -0.491 e. The van der Waals surface area contributed by atoms with Gasteiger partial charge < -0.3 is 10.1 Å². The molecule has 0 fully saturated rings. The zero-order valence-electron chi connectivity index (χ0n) is 10.4. The number of hydrogen-bond acceptors (Lipinski definition) is 2. The van der Waals surface area contributed by atoms with Gasteiger partial charge in [0, 0.05) is 0 Å². The summed E-state index contributed by atoms with van der Waals surface area (Å²) in [5.74, 6) is 0.936. The number of benzene rings is 1. The summed E-state index contributed by atoms with van der Waals surface area (Å²) in [6.45, 7) is 5.09. The second-order valence-corrected chi connectivity index (χ2v) is 4.03. The Morgan fingerprint density at radius 2 is 2.19 bits per heavy atom. The molecule has 2 nitrogen and oxygen atoms in total. The maximum Gasteiger partial charge on any atom is 0.120 e. The van der Waals surface area contributed by atoms with Crippen LogP contribution in [0.5, 0.6) is 5.75 Å². The maximum absolute atomic E-state index is 5.64. The molecule has 1 rings (SSSR count). The minimum atomic E-state index is 0.225. The van der Waals surface area contributed by atoms with Crippen molar-refractivity contribution in [2.45, 2.75) is 26.4 Å². The Labute approximate surface area is 98.3 Å². The standard InChI is InChI=1S/C14H21NO/c1-12(2)16-14-9-6-8-13(11-14)7-4-5-10-15-3/h4,6-9,11-12,15H,5,10H2,1-3H3. The zero-order chi connectivity index (χ0) is 11.8. The van der Waals surface area contributed by atoms with Gasteiger partial charge in [0.05, 0.1) is 6.10 Å². The average molecular weight is 219 g/mol. The van der Waals surface area contributed by atoms with Gasteiger partial charge in [-0.1, -0.05) is 24.3 Å². The predicted octanol–water partition coefficient (Wildman–Crippen LogP) is 3.10. The molecule has 0 aromatic heterocycles. The van der Waals surface area contributed by atoms with E-state index in [9.17, 15) is 0 Å². The number of hydrogen-bond donors (Lipinski definition) is 1. The molecule has 16 heavy (non-hydrogen) atoms. The number of nitrogens with one attached hydrogen (secondary N) is 1. The van der Waals surface area contributed by atoms with Gasteiger partial charge in [-0.15, -0.1) is 0 Å². The highest BCUT2D eigenvalue weighted by atomic mass is 16.5. The minimum absolute atomic E-state index is 0.225. The quantitative estimate of drug-likeness (QED) is 0.742. The summed E-state index contributed by atoms with van der Waals surface area (Å²) in [5, 5.41) is 3.12. The van der Waals surface area contributed by atoms with E-state index in [4.69, 9.17) is 4.74 Å². The van der Waals surface area contributed by atoms with Crippen molar-refractivity contribution >= 4 is 6.08 Å². The van der Waals surface area contributed by atoms with Crippen LogP contribution in [0.4, 0.5) is 0 Å². The van der Waals surface area contributed by atoms with Crippen molar-refractivity contribution in [1.82, 2.24) is 5.32 Å². The van der Waals surface area contributed by atoms with Crippen LogP contribution in [0.3, 0.4) is 0 Å². The van der Waals surface area contributed by atoms with Crippen molar-refractivity contribution < 1.29 is 4.74 Å². The van der Waals surface area contributed by atoms with Gasteiger partial charge in [0.15, 0.2) is 0 Å². The smallest absolute Gasteiger partial charge is 0.120 e. The van der Waals surface area contributed by atoms with Crippen LogP contribution < -0.4 is 10.1 Å². The largest absolute Gasteiger partial charge is 0.491 e. The summed E-state index contributed by atoms with van der Waals surface area (Å²) in [6.07, 6.45) is 5.57. The Morgan fingerprint density at radius 1 is 1.38 bits per heavy atom. The Balaban J connectivity index is 2.56. The summed E-state index contributed by atoms with van der Waals surface area (Å²) in [5.41, 5.74) is 1.19. The first kappa shape index (κ1) is 12.8. The first-order valence-electron chi connectivity index (χ1n) is 5.80. The van der Waals surface area contributed by atoms with Crippen molar-refractivity contribution in [3.8, 4) is 5.75 Å². The Bertz CT molecular complexity index is 331. The van der Waals surface area contributed by atoms with E-state index in [0.29, 0.717) is 0 Å². The molecule has 0 amide bonds. The van der Waals surface area contributed by atoms with E-state index >= 15 is 0 Å². The van der Waals surface area contributed by atoms with Gasteiger partial charge in [-0.25, -0.2) is 0 Å². The molecule has 0 unspecified atom stereocenters. The van der Waals surface area contributed by atoms with Gasteiger partial charge in [-0.05, 0) is 51.6 Å². The van der Waals surface area contributed by atoms with Crippen molar-refractivity contribution in [2.24, 2.45) is 0 Å². The summed E-state index contributed by atoms with van der Waals surface area (Å²) < 4.78 is 5.64. The van der Waals surface area contributed by atoms with Crippen LogP contribution >= 0.6 is 0 Å². The molecule has 1 aromatic carbocycles. The molecule has 0 spiro atoms. The molecular formula is C14H21NO. The molecule has 0 atom stereocenters. The van der Waals surface area contributed by atoms with Crippen LogP contribution in [0.2, 0.25) is 0 Å². The SMILES string of the molecule is CNCCC=Cc1cccc(OC(C)C)c1. The van der Waals surface area contributed by atoms with Crippen LogP contribution in [0.15, 0.2) is 30.3 Å². The summed E-state index contributed by atoms with van der Waals surface area (Å²) in [7, 11) is 1.96. The van der Waals surface area contributed by atoms with Gasteiger partial charge in [0.2, 0.25) is 0 Å². The summed E-state index contributed by atoms with van der Waals surface area (Å²) in [4.78, 5) is 0. The van der Waals surface area contributed by atoms with Gasteiger partial charge >= 0.3 is 0 Å². The van der Waals surface area contributed by atoms with Gasteiger partial charge in [0.25, 0.3) is 0 Å². The van der Waals surface area contributed by atoms with E-state index in [0.717, 1.165) is 18.7 Å². The molecule has 2 heteroatoms. The van der Waals surface area contributed by atoms with Gasteiger partial charge in [0.1, 0.15) is 5.75 Å². The van der Waals surface area contributed by atoms with Crippen LogP contribution in [0.25, 0.3) is 6.08 Å². The normalized spacial score (nSPS) is 11.2. The van der Waals surface area contributed by atoms with Gasteiger partial charge in [-0.3, -0.25) is 0 Å². The molecule has 0 aliphatic heterocycles. The van der Waals surface area contributed by atoms with E-state index in [1.54, 1.807) is 0 Å². The molecule has 0 radical (unpaired) electrons. The second kappa shape index (κ2) is 7.07. The molecule has 1 aromatic rings. The van der Waals surface area contributed by atoms with Crippen molar-refractivity contribution in [3.63, 3.8) is 0 Å². The third-order valence-corrected chi connectivity index (χ3v) is 2.10. The predicted molar refractivity (Wildman–Crippen MR) is 69.8 cm³/mol. The molecule has 0 heterocycles. The Hall–Kier alpha value is -1.28. The lowest BCUT2D eigenvalue weighted by Gasteiger charge is -2.09. The molecule has 0 bridgehead atoms. The molecular weight excluding hydrogens is 198 g/mol. The third kappa shape index (κ3) is 4.99. The molecule has 0 saturated carbocycles. The third-order valence-electron chi connectivity index (χ3n) is 2.10. The molecule has 0 saturated heterocycles. The Morgan fingerprint density at radius 3 is 2.88 bits per heavy atom. The summed E-state index contributed by atoms with van der Waals surface area (Å²) >= 11 is 0. The fraction of sp³-hybridized carbons (Fsp3) is 0.429. The van der Waals surface area contributed by atoms with Crippen molar-refractivity contribution in [3.05, 3.63) is 35.9 Å². The van der Waals surface area contributed by atoms with Crippen LogP contribution in [-0.4, -0.2) is 19.7 Å². The van der Waals surface area contributed by atoms with Crippen LogP contribution in [0.1, 0.15) is 25.8 Å². The topological polar surface area (TPSA) is 21.3 Å². The van der Waals surface area contributed by atoms with E-state index in [-0.39, 0.29) is 6.10 Å². The fourth-order valence-corrected chi connectivity index (χ4v) is 1.41. The van der Waals surface area contributed by atoms with E-state index in [1.165, 1.54) is 5.56 Å². The fourth-order valence-electron chi connectivity index (χ4n) is 1.41. The molecule has 88 valence electrons. The highest BCUT2D eigenvalue weighted by Gasteiger charge is 1.96. The lowest BCUT2D eigenvalue weighted by Crippen LogP contribution is -2.05. The van der Waals surface area contributed by atoms with Crippen LogP contribution in [0, 0.1) is 0 Å². The van der Waals surface area contributed by atoms with E-state index < -0.39 is 0 Å². The first-order valence-corrected chi connectivity index (χ1v) is 5.80. The lowest BCUT2D eigenvalue weighted by atomic mass is 10.2. The second-order valence-electron chi connectivity index (χ2n) is 4.03. The highest BCUT2D eigenvalue weighted by Crippen LogP contribution is 2.15. The molecule has 1 N–H and O–H groups in total. The molecule has 0 aliphatic rings. The Kier molecular flexibility index (Phi) is 5.65. The van der Waals surface area contributed by atoms with Crippen molar-refractivity contribution in [2.75, 3.05) is 13.6 Å². The first-order chi connectivity index (χ1) is 7.72. The highest BCUT2D eigenvalue weighted by molar-refractivity contribution is 5.51. The monoisotopic (exact) mass is 219 g/mol. The van der Waals surface area contributed by atoms with Crippen LogP contribution in [-0.2, 0) is 0 Å². The van der Waals surface area contributed by atoms with E-state index in [2.05, 4.69) is 29.6 Å². The lowest BCUT2D eigenvalue weighted by molar-refractivity contribution is 0.242. The zero-order valence-corrected chi connectivity index (χ0v) is 10.4.